The fourth-order valence-electron chi connectivity index (χ4n) is 3.51. The van der Waals surface area contributed by atoms with E-state index in [0.29, 0.717) is 0 Å². The first-order chi connectivity index (χ1) is 7.06. The molecule has 2 heteroatoms. The molecule has 0 radical (unpaired) electrons. The Balaban J connectivity index is 1.83. The van der Waals surface area contributed by atoms with E-state index in [1.807, 2.05) is 6.92 Å². The molecule has 1 N–H and O–H groups in total. The molecule has 0 bridgehead atoms. The molecule has 0 aromatic heterocycles. The highest BCUT2D eigenvalue weighted by Gasteiger charge is 2.41. The molecule has 2 aliphatic rings. The molecular formula is C13H25NO. The van der Waals surface area contributed by atoms with Crippen molar-refractivity contribution in [2.75, 3.05) is 19.6 Å². The number of β-amino-alcohol motifs (C(OH)–C–C–N with tert-alkyl or cyclic N) is 1. The second-order valence-corrected chi connectivity index (χ2v) is 6.06. The lowest BCUT2D eigenvalue weighted by Gasteiger charge is -2.21. The molecule has 1 saturated heterocycles. The first-order valence-electron chi connectivity index (χ1n) is 6.46. The van der Waals surface area contributed by atoms with E-state index in [1.54, 1.807) is 0 Å². The minimum absolute atomic E-state index is 0.162. The Bertz CT molecular complexity index is 201. The predicted molar refractivity (Wildman–Crippen MR) is 62.7 cm³/mol. The number of aliphatic hydroxyl groups is 1. The summed E-state index contributed by atoms with van der Waals surface area (Å²) >= 11 is 0. The molecule has 88 valence electrons. The average molecular weight is 211 g/mol. The second kappa shape index (κ2) is 4.42. The van der Waals surface area contributed by atoms with Gasteiger partial charge in [0.25, 0.3) is 0 Å². The van der Waals surface area contributed by atoms with Gasteiger partial charge in [-0.15, -0.1) is 0 Å². The van der Waals surface area contributed by atoms with Crippen molar-refractivity contribution in [3.05, 3.63) is 0 Å². The smallest absolute Gasteiger partial charge is 0.0639 e. The number of likely N-dealkylation sites (tertiary alicyclic amines) is 1. The predicted octanol–water partition coefficient (Wildman–Crippen LogP) is 1.98. The Kier molecular flexibility index (Phi) is 3.36. The third-order valence-corrected chi connectivity index (χ3v) is 4.33. The molecule has 1 saturated carbocycles. The van der Waals surface area contributed by atoms with Crippen molar-refractivity contribution in [3.63, 3.8) is 0 Å². The highest BCUT2D eigenvalue weighted by atomic mass is 16.3. The molecule has 0 aromatic rings. The molecule has 0 amide bonds. The summed E-state index contributed by atoms with van der Waals surface area (Å²) < 4.78 is 0. The lowest BCUT2D eigenvalue weighted by atomic mass is 9.93. The monoisotopic (exact) mass is 211 g/mol. The van der Waals surface area contributed by atoms with Crippen LogP contribution >= 0.6 is 0 Å². The Morgan fingerprint density at radius 2 is 1.67 bits per heavy atom. The third-order valence-electron chi connectivity index (χ3n) is 4.33. The van der Waals surface area contributed by atoms with Crippen LogP contribution in [-0.2, 0) is 0 Å². The molecular weight excluding hydrogens is 186 g/mol. The van der Waals surface area contributed by atoms with Crippen molar-refractivity contribution in [1.82, 2.24) is 4.90 Å². The van der Waals surface area contributed by atoms with Gasteiger partial charge in [0.05, 0.1) is 6.10 Å². The highest BCUT2D eigenvalue weighted by molar-refractivity contribution is 4.93. The van der Waals surface area contributed by atoms with Crippen molar-refractivity contribution in [1.29, 1.82) is 0 Å². The Morgan fingerprint density at radius 1 is 1.13 bits per heavy atom. The number of hydrogen-bond donors (Lipinski definition) is 1. The van der Waals surface area contributed by atoms with Crippen LogP contribution < -0.4 is 0 Å². The quantitative estimate of drug-likeness (QED) is 0.771. The van der Waals surface area contributed by atoms with Crippen LogP contribution in [0.3, 0.4) is 0 Å². The molecule has 1 aliphatic heterocycles. The summed E-state index contributed by atoms with van der Waals surface area (Å²) in [4.78, 5) is 2.45. The lowest BCUT2D eigenvalue weighted by molar-refractivity contribution is 0.134. The molecule has 1 aliphatic carbocycles. The largest absolute Gasteiger partial charge is 0.392 e. The van der Waals surface area contributed by atoms with Gasteiger partial charge >= 0.3 is 0 Å². The van der Waals surface area contributed by atoms with Crippen LogP contribution in [0.25, 0.3) is 0 Å². The summed E-state index contributed by atoms with van der Waals surface area (Å²) in [5.74, 6) is 3.68. The van der Waals surface area contributed by atoms with E-state index in [4.69, 9.17) is 0 Å². The summed E-state index contributed by atoms with van der Waals surface area (Å²) in [5, 5.41) is 9.37. The van der Waals surface area contributed by atoms with Gasteiger partial charge in [0.15, 0.2) is 0 Å². The van der Waals surface area contributed by atoms with E-state index in [1.165, 1.54) is 25.9 Å². The van der Waals surface area contributed by atoms with E-state index in [2.05, 4.69) is 18.7 Å². The summed E-state index contributed by atoms with van der Waals surface area (Å²) in [6, 6.07) is 0. The Hall–Kier alpha value is -0.0800. The maximum atomic E-state index is 9.37. The van der Waals surface area contributed by atoms with Crippen molar-refractivity contribution in [2.45, 2.75) is 39.7 Å². The molecule has 2 nitrogen and oxygen atoms in total. The van der Waals surface area contributed by atoms with Gasteiger partial charge in [-0.2, -0.15) is 0 Å². The zero-order valence-corrected chi connectivity index (χ0v) is 10.3. The number of rotatable bonds is 3. The second-order valence-electron chi connectivity index (χ2n) is 6.06. The zero-order valence-electron chi connectivity index (χ0n) is 10.3. The van der Waals surface area contributed by atoms with Gasteiger partial charge in [0.1, 0.15) is 0 Å². The topological polar surface area (TPSA) is 23.5 Å². The van der Waals surface area contributed by atoms with Crippen molar-refractivity contribution in [2.24, 2.45) is 23.7 Å². The maximum Gasteiger partial charge on any atom is 0.0639 e. The Morgan fingerprint density at radius 3 is 2.07 bits per heavy atom. The molecule has 0 spiro atoms. The van der Waals surface area contributed by atoms with Gasteiger partial charge in [-0.3, -0.25) is 0 Å². The third kappa shape index (κ3) is 2.54. The van der Waals surface area contributed by atoms with Crippen molar-refractivity contribution >= 4 is 0 Å². The van der Waals surface area contributed by atoms with E-state index >= 15 is 0 Å². The van der Waals surface area contributed by atoms with E-state index < -0.39 is 0 Å². The van der Waals surface area contributed by atoms with E-state index in [-0.39, 0.29) is 6.10 Å². The maximum absolute atomic E-state index is 9.37. The van der Waals surface area contributed by atoms with Gasteiger partial charge in [0.2, 0.25) is 0 Å². The minimum Gasteiger partial charge on any atom is -0.392 e. The van der Waals surface area contributed by atoms with Crippen LogP contribution in [0.4, 0.5) is 0 Å². The molecule has 2 rings (SSSR count). The molecule has 2 fully saturated rings. The van der Waals surface area contributed by atoms with Crippen LogP contribution in [0, 0.1) is 23.7 Å². The molecule has 1 heterocycles. The van der Waals surface area contributed by atoms with Crippen LogP contribution in [0.15, 0.2) is 0 Å². The summed E-state index contributed by atoms with van der Waals surface area (Å²) in [7, 11) is 0. The molecule has 3 unspecified atom stereocenters. The molecule has 15 heavy (non-hydrogen) atoms. The van der Waals surface area contributed by atoms with Gasteiger partial charge in [0, 0.05) is 19.6 Å². The highest BCUT2D eigenvalue weighted by Crippen LogP contribution is 2.44. The van der Waals surface area contributed by atoms with Crippen LogP contribution in [0.2, 0.25) is 0 Å². The van der Waals surface area contributed by atoms with Gasteiger partial charge in [-0.1, -0.05) is 13.8 Å². The Labute approximate surface area is 93.7 Å². The van der Waals surface area contributed by atoms with Gasteiger partial charge < -0.3 is 10.0 Å². The van der Waals surface area contributed by atoms with Gasteiger partial charge in [-0.05, 0) is 43.4 Å². The van der Waals surface area contributed by atoms with Crippen molar-refractivity contribution < 1.29 is 5.11 Å². The number of aliphatic hydroxyl groups excluding tert-OH is 1. The van der Waals surface area contributed by atoms with E-state index in [0.717, 1.165) is 30.2 Å². The average Bonchev–Trinajstić information content (AvgIpc) is 2.58. The molecule has 0 aromatic carbocycles. The van der Waals surface area contributed by atoms with Crippen LogP contribution in [-0.4, -0.2) is 35.7 Å². The fourth-order valence-corrected chi connectivity index (χ4v) is 3.51. The number of nitrogens with zero attached hydrogens (tertiary/aromatic N) is 1. The zero-order chi connectivity index (χ0) is 11.0. The number of hydrogen-bond acceptors (Lipinski definition) is 2. The van der Waals surface area contributed by atoms with Crippen LogP contribution in [0.1, 0.15) is 33.6 Å². The normalized spacial score (nSPS) is 38.6. The summed E-state index contributed by atoms with van der Waals surface area (Å²) in [6.45, 7) is 9.96. The minimum atomic E-state index is -0.162. The van der Waals surface area contributed by atoms with Gasteiger partial charge in [-0.25, -0.2) is 0 Å². The lowest BCUT2D eigenvalue weighted by Crippen LogP contribution is -2.30. The van der Waals surface area contributed by atoms with E-state index in [9.17, 15) is 5.11 Å². The summed E-state index contributed by atoms with van der Waals surface area (Å²) in [6.07, 6.45) is 2.70. The fraction of sp³-hybridized carbons (Fsp3) is 1.00. The number of fused-ring (bicyclic) bond motifs is 1. The standard InChI is InChI=1S/C13H25NO/c1-9(2)11-4-12-7-14(6-10(3)15)8-13(12)5-11/h9-13,15H,4-8H2,1-3H3. The van der Waals surface area contributed by atoms with Crippen molar-refractivity contribution in [3.8, 4) is 0 Å². The van der Waals surface area contributed by atoms with Crippen LogP contribution in [0.5, 0.6) is 0 Å². The SMILES string of the molecule is CC(O)CN1CC2CC(C(C)C)CC2C1. The molecule has 3 atom stereocenters. The summed E-state index contributed by atoms with van der Waals surface area (Å²) in [5.41, 5.74) is 0. The first-order valence-corrected chi connectivity index (χ1v) is 6.46. The first kappa shape index (κ1) is 11.4.